The lowest BCUT2D eigenvalue weighted by atomic mass is 9.91. The van der Waals surface area contributed by atoms with E-state index in [4.69, 9.17) is 0 Å². The molecule has 0 bridgehead atoms. The van der Waals surface area contributed by atoms with Gasteiger partial charge in [0.05, 0.1) is 0 Å². The highest BCUT2D eigenvalue weighted by atomic mass is 16.1. The molecule has 3 nitrogen and oxygen atoms in total. The van der Waals surface area contributed by atoms with Gasteiger partial charge in [-0.2, -0.15) is 0 Å². The number of hydrogen-bond donors (Lipinski definition) is 2. The Balaban J connectivity index is 1.91. The molecular weight excluding hydrogens is 236 g/mol. The van der Waals surface area contributed by atoms with Gasteiger partial charge < -0.3 is 10.3 Å². The minimum Gasteiger partial charge on any atom is -0.361 e. The fourth-order valence-corrected chi connectivity index (χ4v) is 3.00. The highest BCUT2D eigenvalue weighted by molar-refractivity contribution is 5.87. The number of nitrogens with one attached hydrogen (secondary N) is 2. The summed E-state index contributed by atoms with van der Waals surface area (Å²) in [5.41, 5.74) is 3.85. The van der Waals surface area contributed by atoms with Crippen LogP contribution in [0.3, 0.4) is 0 Å². The zero-order valence-corrected chi connectivity index (χ0v) is 11.3. The lowest BCUT2D eigenvalue weighted by Crippen LogP contribution is -2.37. The Bertz CT molecular complexity index is 600. The van der Waals surface area contributed by atoms with Crippen molar-refractivity contribution in [2.45, 2.75) is 26.2 Å². The average molecular weight is 256 g/mol. The van der Waals surface area contributed by atoms with Crippen molar-refractivity contribution in [1.82, 2.24) is 10.3 Å². The van der Waals surface area contributed by atoms with E-state index in [2.05, 4.69) is 41.6 Å². The Kier molecular flexibility index (Phi) is 3.38. The number of ketones is 1. The van der Waals surface area contributed by atoms with Crippen LogP contribution in [-0.4, -0.2) is 23.9 Å². The number of fused-ring (bicyclic) bond motifs is 1. The summed E-state index contributed by atoms with van der Waals surface area (Å²) >= 11 is 0. The second kappa shape index (κ2) is 5.17. The number of benzene rings is 1. The number of aromatic nitrogens is 1. The Morgan fingerprint density at radius 1 is 1.32 bits per heavy atom. The van der Waals surface area contributed by atoms with Crippen molar-refractivity contribution in [3.8, 4) is 0 Å². The predicted molar refractivity (Wildman–Crippen MR) is 77.4 cm³/mol. The number of aromatic amines is 1. The van der Waals surface area contributed by atoms with Gasteiger partial charge in [0.2, 0.25) is 0 Å². The summed E-state index contributed by atoms with van der Waals surface area (Å²) in [5.74, 6) is 0.540. The molecular formula is C16H20N2O. The molecule has 1 saturated heterocycles. The molecule has 19 heavy (non-hydrogen) atoms. The molecule has 1 fully saturated rings. The molecule has 2 aromatic rings. The van der Waals surface area contributed by atoms with Crippen molar-refractivity contribution < 1.29 is 4.79 Å². The van der Waals surface area contributed by atoms with Gasteiger partial charge in [-0.1, -0.05) is 25.1 Å². The smallest absolute Gasteiger partial charge is 0.138 e. The predicted octanol–water partition coefficient (Wildman–Crippen LogP) is 2.45. The number of hydrogen-bond acceptors (Lipinski definition) is 2. The molecule has 1 aromatic heterocycles. The number of aryl methyl sites for hydroxylation is 1. The topological polar surface area (TPSA) is 44.9 Å². The molecule has 1 aliphatic heterocycles. The Morgan fingerprint density at radius 3 is 3.00 bits per heavy atom. The molecule has 2 heterocycles. The SMILES string of the molecule is CCc1cccc2c(CC3CNCCC3=O)c[nH]c12. The number of para-hydroxylation sites is 1. The van der Waals surface area contributed by atoms with Crippen molar-refractivity contribution in [3.05, 3.63) is 35.5 Å². The summed E-state index contributed by atoms with van der Waals surface area (Å²) in [7, 11) is 0. The van der Waals surface area contributed by atoms with Crippen molar-refractivity contribution in [1.29, 1.82) is 0 Å². The number of rotatable bonds is 3. The van der Waals surface area contributed by atoms with Crippen LogP contribution in [0.5, 0.6) is 0 Å². The maximum atomic E-state index is 11.9. The third kappa shape index (κ3) is 2.30. The van der Waals surface area contributed by atoms with E-state index in [0.29, 0.717) is 12.2 Å². The third-order valence-electron chi connectivity index (χ3n) is 4.13. The van der Waals surface area contributed by atoms with Crippen LogP contribution in [0.15, 0.2) is 24.4 Å². The summed E-state index contributed by atoms with van der Waals surface area (Å²) in [6.45, 7) is 3.83. The van der Waals surface area contributed by atoms with Gasteiger partial charge in [-0.15, -0.1) is 0 Å². The number of piperidine rings is 1. The Labute approximate surface area is 113 Å². The van der Waals surface area contributed by atoms with E-state index >= 15 is 0 Å². The first kappa shape index (κ1) is 12.4. The van der Waals surface area contributed by atoms with Crippen LogP contribution in [0.2, 0.25) is 0 Å². The fraction of sp³-hybridized carbons (Fsp3) is 0.438. The van der Waals surface area contributed by atoms with E-state index in [1.807, 2.05) is 0 Å². The number of carbonyl (C=O) groups excluding carboxylic acids is 1. The molecule has 0 radical (unpaired) electrons. The van der Waals surface area contributed by atoms with E-state index in [0.717, 1.165) is 25.9 Å². The molecule has 0 amide bonds. The van der Waals surface area contributed by atoms with Crippen LogP contribution >= 0.6 is 0 Å². The van der Waals surface area contributed by atoms with Crippen molar-refractivity contribution >= 4 is 16.7 Å². The standard InChI is InChI=1S/C16H20N2O/c1-2-11-4-3-5-14-12(10-18-16(11)14)8-13-9-17-7-6-15(13)19/h3-5,10,13,17-18H,2,6-9H2,1H3. The van der Waals surface area contributed by atoms with Gasteiger partial charge in [0.1, 0.15) is 5.78 Å². The highest BCUT2D eigenvalue weighted by Gasteiger charge is 2.23. The average Bonchev–Trinajstić information content (AvgIpc) is 2.84. The summed E-state index contributed by atoms with van der Waals surface area (Å²) in [4.78, 5) is 15.3. The van der Waals surface area contributed by atoms with Crippen LogP contribution in [-0.2, 0) is 17.6 Å². The minimum atomic E-state index is 0.137. The molecule has 0 aliphatic carbocycles. The van der Waals surface area contributed by atoms with Gasteiger partial charge in [-0.25, -0.2) is 0 Å². The van der Waals surface area contributed by atoms with Crippen LogP contribution in [0.1, 0.15) is 24.5 Å². The van der Waals surface area contributed by atoms with Gasteiger partial charge in [0.25, 0.3) is 0 Å². The largest absolute Gasteiger partial charge is 0.361 e. The first-order chi connectivity index (χ1) is 9.29. The van der Waals surface area contributed by atoms with Gasteiger partial charge in [0.15, 0.2) is 0 Å². The molecule has 1 aromatic carbocycles. The molecule has 2 N–H and O–H groups in total. The van der Waals surface area contributed by atoms with Crippen molar-refractivity contribution in [2.75, 3.05) is 13.1 Å². The summed E-state index contributed by atoms with van der Waals surface area (Å²) in [6.07, 6.45) is 4.62. The first-order valence-electron chi connectivity index (χ1n) is 7.11. The quantitative estimate of drug-likeness (QED) is 0.886. The van der Waals surface area contributed by atoms with E-state index < -0.39 is 0 Å². The van der Waals surface area contributed by atoms with Crippen molar-refractivity contribution in [2.24, 2.45) is 5.92 Å². The summed E-state index contributed by atoms with van der Waals surface area (Å²) in [5, 5.41) is 4.59. The van der Waals surface area contributed by atoms with Crippen LogP contribution < -0.4 is 5.32 Å². The molecule has 100 valence electrons. The Hall–Kier alpha value is -1.61. The molecule has 1 atom stereocenters. The minimum absolute atomic E-state index is 0.137. The van der Waals surface area contributed by atoms with E-state index in [-0.39, 0.29) is 5.92 Å². The molecule has 0 saturated carbocycles. The molecule has 1 unspecified atom stereocenters. The van der Waals surface area contributed by atoms with Crippen LogP contribution in [0.25, 0.3) is 10.9 Å². The zero-order valence-electron chi connectivity index (χ0n) is 11.3. The molecule has 0 spiro atoms. The van der Waals surface area contributed by atoms with Gasteiger partial charge in [-0.3, -0.25) is 4.79 Å². The monoisotopic (exact) mass is 256 g/mol. The van der Waals surface area contributed by atoms with Crippen LogP contribution in [0, 0.1) is 5.92 Å². The van der Waals surface area contributed by atoms with Gasteiger partial charge in [-0.05, 0) is 24.0 Å². The summed E-state index contributed by atoms with van der Waals surface area (Å²) in [6, 6.07) is 6.43. The maximum absolute atomic E-state index is 11.9. The lowest BCUT2D eigenvalue weighted by Gasteiger charge is -2.21. The van der Waals surface area contributed by atoms with E-state index in [9.17, 15) is 4.79 Å². The normalized spacial score (nSPS) is 20.1. The van der Waals surface area contributed by atoms with Gasteiger partial charge in [0, 0.05) is 42.5 Å². The number of carbonyl (C=O) groups is 1. The van der Waals surface area contributed by atoms with E-state index in [1.54, 1.807) is 0 Å². The zero-order chi connectivity index (χ0) is 13.2. The highest BCUT2D eigenvalue weighted by Crippen LogP contribution is 2.25. The molecule has 3 heteroatoms. The lowest BCUT2D eigenvalue weighted by molar-refractivity contribution is -0.123. The molecule has 3 rings (SSSR count). The van der Waals surface area contributed by atoms with Crippen molar-refractivity contribution in [3.63, 3.8) is 0 Å². The third-order valence-corrected chi connectivity index (χ3v) is 4.13. The van der Waals surface area contributed by atoms with Gasteiger partial charge >= 0.3 is 0 Å². The van der Waals surface area contributed by atoms with E-state index in [1.165, 1.54) is 22.0 Å². The fourth-order valence-electron chi connectivity index (χ4n) is 3.00. The number of H-pyrrole nitrogens is 1. The maximum Gasteiger partial charge on any atom is 0.138 e. The second-order valence-electron chi connectivity index (χ2n) is 5.33. The first-order valence-corrected chi connectivity index (χ1v) is 7.11. The summed E-state index contributed by atoms with van der Waals surface area (Å²) < 4.78 is 0. The van der Waals surface area contributed by atoms with Crippen LogP contribution in [0.4, 0.5) is 0 Å². The number of Topliss-reactive ketones (excluding diaryl/α,β-unsaturated/α-hetero) is 1. The Morgan fingerprint density at radius 2 is 2.21 bits per heavy atom. The molecule has 1 aliphatic rings. The second-order valence-corrected chi connectivity index (χ2v) is 5.33.